The Hall–Kier alpha value is -2.72. The second-order valence-corrected chi connectivity index (χ2v) is 4.67. The first-order valence-electron chi connectivity index (χ1n) is 6.72. The summed E-state index contributed by atoms with van der Waals surface area (Å²) in [5, 5.41) is 10.6. The molecule has 6 nitrogen and oxygen atoms in total. The number of aryl methyl sites for hydroxylation is 1. The van der Waals surface area contributed by atoms with Crippen LogP contribution in [0.2, 0.25) is 0 Å². The van der Waals surface area contributed by atoms with Crippen molar-refractivity contribution < 1.29 is 26.7 Å². The molecule has 1 aromatic carbocycles. The first-order chi connectivity index (χ1) is 11.2. The van der Waals surface area contributed by atoms with Gasteiger partial charge in [-0.05, 0) is 6.07 Å². The summed E-state index contributed by atoms with van der Waals surface area (Å²) in [5.41, 5.74) is -2.47. The number of aromatic amines is 1. The van der Waals surface area contributed by atoms with E-state index in [1.165, 1.54) is 0 Å². The van der Waals surface area contributed by atoms with Crippen molar-refractivity contribution >= 4 is 11.7 Å². The van der Waals surface area contributed by atoms with Gasteiger partial charge in [-0.1, -0.05) is 6.92 Å². The third-order valence-electron chi connectivity index (χ3n) is 2.92. The van der Waals surface area contributed by atoms with Gasteiger partial charge in [0.05, 0.1) is 17.8 Å². The van der Waals surface area contributed by atoms with Gasteiger partial charge in [0.2, 0.25) is 0 Å². The van der Waals surface area contributed by atoms with Gasteiger partial charge in [-0.3, -0.25) is 5.10 Å². The van der Waals surface area contributed by atoms with Crippen molar-refractivity contribution in [2.24, 2.45) is 0 Å². The van der Waals surface area contributed by atoms with E-state index in [0.29, 0.717) is 18.1 Å². The van der Waals surface area contributed by atoms with Crippen molar-refractivity contribution in [1.82, 2.24) is 20.5 Å². The molecule has 0 aliphatic carbocycles. The van der Waals surface area contributed by atoms with Crippen LogP contribution >= 0.6 is 0 Å². The highest BCUT2D eigenvalue weighted by molar-refractivity contribution is 5.89. The number of urea groups is 1. The lowest BCUT2D eigenvalue weighted by Crippen LogP contribution is -2.29. The van der Waals surface area contributed by atoms with Crippen molar-refractivity contribution in [2.45, 2.75) is 26.1 Å². The molecule has 0 saturated carbocycles. The normalized spacial score (nSPS) is 11.4. The number of alkyl halides is 3. The van der Waals surface area contributed by atoms with Crippen LogP contribution in [-0.4, -0.2) is 21.2 Å². The van der Waals surface area contributed by atoms with Crippen molar-refractivity contribution in [1.29, 1.82) is 0 Å². The van der Waals surface area contributed by atoms with E-state index >= 15 is 0 Å². The highest BCUT2D eigenvalue weighted by Crippen LogP contribution is 2.33. The van der Waals surface area contributed by atoms with Gasteiger partial charge < -0.3 is 10.6 Å². The number of rotatable bonds is 4. The van der Waals surface area contributed by atoms with Crippen LogP contribution in [0.4, 0.5) is 32.4 Å². The zero-order valence-corrected chi connectivity index (χ0v) is 12.3. The lowest BCUT2D eigenvalue weighted by molar-refractivity contribution is -0.140. The number of anilines is 1. The molecule has 0 spiro atoms. The molecule has 24 heavy (non-hydrogen) atoms. The standard InChI is InChI=1S/C13H12F5N5O/c1-2-10-21-11(23-22-10)5-19-12(24)20-9-4-7(14)6(3-8(9)15)13(16,17)18/h3-4H,2,5H2,1H3,(H2,19,20,24)(H,21,22,23). The van der Waals surface area contributed by atoms with Crippen LogP contribution in [0.15, 0.2) is 12.1 Å². The molecule has 0 saturated heterocycles. The monoisotopic (exact) mass is 349 g/mol. The van der Waals surface area contributed by atoms with Gasteiger partial charge in [-0.15, -0.1) is 0 Å². The van der Waals surface area contributed by atoms with Crippen LogP contribution < -0.4 is 10.6 Å². The SMILES string of the molecule is CCc1n[nH]c(CNC(=O)Nc2cc(F)c(C(F)(F)F)cc2F)n1. The van der Waals surface area contributed by atoms with Crippen molar-refractivity contribution in [2.75, 3.05) is 5.32 Å². The Labute approximate surface area is 132 Å². The second kappa shape index (κ2) is 6.81. The fourth-order valence-corrected chi connectivity index (χ4v) is 1.76. The van der Waals surface area contributed by atoms with Gasteiger partial charge in [-0.25, -0.2) is 18.6 Å². The minimum atomic E-state index is -5.03. The van der Waals surface area contributed by atoms with E-state index in [-0.39, 0.29) is 18.7 Å². The number of H-pyrrole nitrogens is 1. The number of benzene rings is 1. The number of nitrogens with one attached hydrogen (secondary N) is 3. The molecule has 130 valence electrons. The molecule has 1 heterocycles. The quantitative estimate of drug-likeness (QED) is 0.742. The Kier molecular flexibility index (Phi) is 5.00. The maximum Gasteiger partial charge on any atom is 0.419 e. The van der Waals surface area contributed by atoms with E-state index in [1.807, 2.05) is 12.2 Å². The van der Waals surface area contributed by atoms with E-state index < -0.39 is 35.1 Å². The van der Waals surface area contributed by atoms with Crippen LogP contribution in [0, 0.1) is 11.6 Å². The highest BCUT2D eigenvalue weighted by atomic mass is 19.4. The van der Waals surface area contributed by atoms with Crippen molar-refractivity contribution in [3.8, 4) is 0 Å². The molecule has 0 unspecified atom stereocenters. The molecule has 0 atom stereocenters. The van der Waals surface area contributed by atoms with Crippen LogP contribution in [0.25, 0.3) is 0 Å². The fourth-order valence-electron chi connectivity index (χ4n) is 1.76. The Morgan fingerprint density at radius 1 is 1.25 bits per heavy atom. The average molecular weight is 349 g/mol. The van der Waals surface area contributed by atoms with Gasteiger partial charge in [0, 0.05) is 12.5 Å². The zero-order valence-electron chi connectivity index (χ0n) is 12.3. The van der Waals surface area contributed by atoms with Gasteiger partial charge >= 0.3 is 12.2 Å². The Morgan fingerprint density at radius 3 is 2.54 bits per heavy atom. The minimum Gasteiger partial charge on any atom is -0.331 e. The molecule has 11 heteroatoms. The molecule has 2 rings (SSSR count). The predicted molar refractivity (Wildman–Crippen MR) is 73.0 cm³/mol. The van der Waals surface area contributed by atoms with E-state index in [4.69, 9.17) is 0 Å². The summed E-state index contributed by atoms with van der Waals surface area (Å²) in [4.78, 5) is 15.6. The van der Waals surface area contributed by atoms with Gasteiger partial charge in [0.1, 0.15) is 17.5 Å². The first-order valence-corrected chi connectivity index (χ1v) is 6.72. The molecule has 0 bridgehead atoms. The Bertz CT molecular complexity index is 743. The lowest BCUT2D eigenvalue weighted by atomic mass is 10.1. The second-order valence-electron chi connectivity index (χ2n) is 4.67. The van der Waals surface area contributed by atoms with E-state index in [1.54, 1.807) is 0 Å². The van der Waals surface area contributed by atoms with Crippen molar-refractivity contribution in [3.05, 3.63) is 41.0 Å². The van der Waals surface area contributed by atoms with Crippen LogP contribution in [0.1, 0.15) is 24.1 Å². The number of carbonyl (C=O) groups is 1. The largest absolute Gasteiger partial charge is 0.419 e. The smallest absolute Gasteiger partial charge is 0.331 e. The average Bonchev–Trinajstić information content (AvgIpc) is 2.95. The number of amides is 2. The summed E-state index contributed by atoms with van der Waals surface area (Å²) in [7, 11) is 0. The third kappa shape index (κ3) is 4.18. The summed E-state index contributed by atoms with van der Waals surface area (Å²) < 4.78 is 64.3. The summed E-state index contributed by atoms with van der Waals surface area (Å²) in [5.74, 6) is -2.24. The molecule has 2 aromatic rings. The minimum absolute atomic E-state index is 0.0189. The molecule has 0 aliphatic heterocycles. The number of halogens is 5. The number of hydrogen-bond donors (Lipinski definition) is 3. The Morgan fingerprint density at radius 2 is 1.96 bits per heavy atom. The summed E-state index contributed by atoms with van der Waals surface area (Å²) >= 11 is 0. The van der Waals surface area contributed by atoms with Gasteiger partial charge in [0.15, 0.2) is 5.82 Å². The topological polar surface area (TPSA) is 82.7 Å². The molecule has 0 radical (unpaired) electrons. The van der Waals surface area contributed by atoms with Crippen LogP contribution in [0.3, 0.4) is 0 Å². The molecule has 0 fully saturated rings. The molecule has 3 N–H and O–H groups in total. The van der Waals surface area contributed by atoms with E-state index in [9.17, 15) is 26.7 Å². The molecule has 2 amide bonds. The summed E-state index contributed by atoms with van der Waals surface area (Å²) in [6, 6.07) is -0.696. The van der Waals surface area contributed by atoms with Crippen molar-refractivity contribution in [3.63, 3.8) is 0 Å². The summed E-state index contributed by atoms with van der Waals surface area (Å²) in [6.07, 6.45) is -4.45. The number of aromatic nitrogens is 3. The maximum atomic E-state index is 13.6. The Balaban J connectivity index is 2.02. The number of hydrogen-bond acceptors (Lipinski definition) is 3. The molecular formula is C13H12F5N5O. The highest BCUT2D eigenvalue weighted by Gasteiger charge is 2.35. The van der Waals surface area contributed by atoms with Gasteiger partial charge in [0.25, 0.3) is 0 Å². The van der Waals surface area contributed by atoms with Crippen LogP contribution in [0.5, 0.6) is 0 Å². The van der Waals surface area contributed by atoms with E-state index in [2.05, 4.69) is 20.5 Å². The fraction of sp³-hybridized carbons (Fsp3) is 0.308. The van der Waals surface area contributed by atoms with E-state index in [0.717, 1.165) is 0 Å². The number of nitrogens with zero attached hydrogens (tertiary/aromatic N) is 2. The van der Waals surface area contributed by atoms with Crippen LogP contribution in [-0.2, 0) is 19.1 Å². The summed E-state index contributed by atoms with van der Waals surface area (Å²) in [6.45, 7) is 1.75. The van der Waals surface area contributed by atoms with Gasteiger partial charge in [-0.2, -0.15) is 18.3 Å². The maximum absolute atomic E-state index is 13.6. The zero-order chi connectivity index (χ0) is 17.9. The molecule has 1 aromatic heterocycles. The third-order valence-corrected chi connectivity index (χ3v) is 2.92. The lowest BCUT2D eigenvalue weighted by Gasteiger charge is -2.12. The number of carbonyl (C=O) groups excluding carboxylic acids is 1. The molecule has 0 aliphatic rings. The predicted octanol–water partition coefficient (Wildman–Crippen LogP) is 2.99. The molecular weight excluding hydrogens is 337 g/mol. The first kappa shape index (κ1) is 17.6.